The van der Waals surface area contributed by atoms with Gasteiger partial charge in [0, 0.05) is 41.8 Å². The van der Waals surface area contributed by atoms with Gasteiger partial charge in [0.25, 0.3) is 0 Å². The average molecular weight is 433 g/mol. The number of rotatable bonds is 6. The van der Waals surface area contributed by atoms with Gasteiger partial charge in [0.05, 0.1) is 27.0 Å². The van der Waals surface area contributed by atoms with Crippen LogP contribution >= 0.6 is 11.3 Å². The third kappa shape index (κ3) is 4.42. The van der Waals surface area contributed by atoms with Crippen molar-refractivity contribution in [3.63, 3.8) is 0 Å². The molecular weight excluding hydrogens is 404 g/mol. The third-order valence-electron chi connectivity index (χ3n) is 5.85. The van der Waals surface area contributed by atoms with E-state index < -0.39 is 0 Å². The first-order valence-corrected chi connectivity index (χ1v) is 12.0. The van der Waals surface area contributed by atoms with Crippen molar-refractivity contribution >= 4 is 38.7 Å². The number of anilines is 3. The Morgan fingerprint density at radius 2 is 1.90 bits per heavy atom. The van der Waals surface area contributed by atoms with Gasteiger partial charge in [-0.15, -0.1) is 11.3 Å². The smallest absolute Gasteiger partial charge is 0.141 e. The first-order chi connectivity index (χ1) is 15.2. The normalized spacial score (nSPS) is 14.9. The van der Waals surface area contributed by atoms with E-state index in [9.17, 15) is 0 Å². The Bertz CT molecular complexity index is 1170. The molecule has 6 nitrogen and oxygen atoms in total. The molecule has 7 heteroatoms. The van der Waals surface area contributed by atoms with Crippen LogP contribution in [0.25, 0.3) is 21.6 Å². The molecule has 4 aromatic rings. The monoisotopic (exact) mass is 432 g/mol. The van der Waals surface area contributed by atoms with E-state index in [0.717, 1.165) is 38.8 Å². The molecule has 0 radical (unpaired) electrons. The van der Waals surface area contributed by atoms with Gasteiger partial charge in [-0.25, -0.2) is 15.0 Å². The summed E-state index contributed by atoms with van der Waals surface area (Å²) in [6.45, 7) is 4.29. The molecule has 0 amide bonds. The predicted molar refractivity (Wildman–Crippen MR) is 129 cm³/mol. The molecule has 1 saturated carbocycles. The molecule has 0 atom stereocenters. The summed E-state index contributed by atoms with van der Waals surface area (Å²) in [5, 5.41) is 7.00. The Morgan fingerprint density at radius 3 is 2.74 bits per heavy atom. The summed E-state index contributed by atoms with van der Waals surface area (Å²) in [6.07, 6.45) is 10.4. The van der Waals surface area contributed by atoms with Crippen LogP contribution in [0, 0.1) is 0 Å². The van der Waals surface area contributed by atoms with E-state index in [1.54, 1.807) is 11.3 Å². The fourth-order valence-corrected chi connectivity index (χ4v) is 5.03. The number of aromatic amines is 1. The number of aromatic nitrogens is 4. The number of thiazole rings is 1. The fraction of sp³-hybridized carbons (Fsp3) is 0.375. The molecule has 3 aromatic heterocycles. The molecule has 0 unspecified atom stereocenters. The van der Waals surface area contributed by atoms with Gasteiger partial charge in [0.15, 0.2) is 0 Å². The zero-order valence-electron chi connectivity index (χ0n) is 18.0. The highest BCUT2D eigenvalue weighted by Gasteiger charge is 2.19. The molecule has 3 N–H and O–H groups in total. The molecule has 1 fully saturated rings. The second-order valence-corrected chi connectivity index (χ2v) is 9.48. The van der Waals surface area contributed by atoms with Crippen molar-refractivity contribution in [2.75, 3.05) is 10.6 Å². The van der Waals surface area contributed by atoms with Crippen LogP contribution in [0.5, 0.6) is 0 Å². The minimum Gasteiger partial charge on any atom is -0.382 e. The first kappa shape index (κ1) is 20.0. The third-order valence-corrected chi connectivity index (χ3v) is 6.64. The highest BCUT2D eigenvalue weighted by Crippen LogP contribution is 2.34. The highest BCUT2D eigenvalue weighted by molar-refractivity contribution is 7.16. The molecule has 1 aliphatic rings. The molecule has 31 heavy (non-hydrogen) atoms. The van der Waals surface area contributed by atoms with Crippen LogP contribution < -0.4 is 10.6 Å². The molecule has 0 saturated heterocycles. The molecule has 3 heterocycles. The number of nitrogens with zero attached hydrogens (tertiary/aromatic N) is 3. The zero-order chi connectivity index (χ0) is 21.2. The van der Waals surface area contributed by atoms with Gasteiger partial charge < -0.3 is 15.6 Å². The summed E-state index contributed by atoms with van der Waals surface area (Å²) in [5.41, 5.74) is 7.18. The van der Waals surface area contributed by atoms with E-state index in [2.05, 4.69) is 51.6 Å². The second kappa shape index (κ2) is 8.67. The lowest BCUT2D eigenvalue weighted by Crippen LogP contribution is -2.11. The number of benzene rings is 1. The van der Waals surface area contributed by atoms with Crippen LogP contribution in [0.3, 0.4) is 0 Å². The SMILES string of the molecule is CC(C)Nc1cc(Nc2ccc3ncsc3c2)ncc1-c1ncc(C2CCCCC2)[nH]1. The van der Waals surface area contributed by atoms with Crippen molar-refractivity contribution in [2.45, 2.75) is 57.9 Å². The Morgan fingerprint density at radius 1 is 1.03 bits per heavy atom. The summed E-state index contributed by atoms with van der Waals surface area (Å²) in [4.78, 5) is 17.3. The Labute approximate surface area is 186 Å². The molecular formula is C24H28N6S. The molecule has 0 bridgehead atoms. The van der Waals surface area contributed by atoms with E-state index in [4.69, 9.17) is 4.98 Å². The Kier molecular flexibility index (Phi) is 5.59. The number of imidazole rings is 1. The Hall–Kier alpha value is -2.93. The molecule has 160 valence electrons. The first-order valence-electron chi connectivity index (χ1n) is 11.1. The van der Waals surface area contributed by atoms with Crippen molar-refractivity contribution < 1.29 is 0 Å². The van der Waals surface area contributed by atoms with Crippen LogP contribution in [-0.4, -0.2) is 26.0 Å². The average Bonchev–Trinajstić information content (AvgIpc) is 3.44. The van der Waals surface area contributed by atoms with E-state index in [1.807, 2.05) is 30.0 Å². The van der Waals surface area contributed by atoms with Crippen molar-refractivity contribution in [2.24, 2.45) is 0 Å². The molecule has 0 aliphatic heterocycles. The lowest BCUT2D eigenvalue weighted by Gasteiger charge is -2.20. The van der Waals surface area contributed by atoms with E-state index >= 15 is 0 Å². The van der Waals surface area contributed by atoms with Crippen LogP contribution in [0.4, 0.5) is 17.2 Å². The van der Waals surface area contributed by atoms with Crippen LogP contribution in [0.15, 0.2) is 42.2 Å². The van der Waals surface area contributed by atoms with E-state index in [1.165, 1.54) is 37.8 Å². The van der Waals surface area contributed by atoms with Crippen LogP contribution in [0.2, 0.25) is 0 Å². The van der Waals surface area contributed by atoms with Gasteiger partial charge in [-0.2, -0.15) is 0 Å². The minimum atomic E-state index is 0.301. The lowest BCUT2D eigenvalue weighted by molar-refractivity contribution is 0.438. The number of fused-ring (bicyclic) bond motifs is 1. The maximum atomic E-state index is 4.71. The van der Waals surface area contributed by atoms with Crippen molar-refractivity contribution in [3.8, 4) is 11.4 Å². The number of H-pyrrole nitrogens is 1. The standard InChI is InChI=1S/C24H28N6S/c1-15(2)28-20-11-23(29-17-8-9-19-22(10-17)31-14-27-19)25-12-18(20)24-26-13-21(30-24)16-6-4-3-5-7-16/h8-16H,3-7H2,1-2H3,(H,26,30)(H2,25,28,29). The maximum absolute atomic E-state index is 4.71. The summed E-state index contributed by atoms with van der Waals surface area (Å²) >= 11 is 1.64. The summed E-state index contributed by atoms with van der Waals surface area (Å²) < 4.78 is 1.16. The minimum absolute atomic E-state index is 0.301. The van der Waals surface area contributed by atoms with Gasteiger partial charge >= 0.3 is 0 Å². The van der Waals surface area contributed by atoms with Crippen molar-refractivity contribution in [1.29, 1.82) is 0 Å². The van der Waals surface area contributed by atoms with E-state index in [-0.39, 0.29) is 0 Å². The highest BCUT2D eigenvalue weighted by atomic mass is 32.1. The van der Waals surface area contributed by atoms with Crippen LogP contribution in [-0.2, 0) is 0 Å². The van der Waals surface area contributed by atoms with Gasteiger partial charge in [-0.05, 0) is 44.9 Å². The topological polar surface area (TPSA) is 78.5 Å². The molecule has 0 spiro atoms. The predicted octanol–water partition coefficient (Wildman–Crippen LogP) is 6.69. The number of hydrogen-bond donors (Lipinski definition) is 3. The number of pyridine rings is 1. The van der Waals surface area contributed by atoms with Crippen molar-refractivity contribution in [3.05, 3.63) is 47.9 Å². The van der Waals surface area contributed by atoms with Gasteiger partial charge in [0.2, 0.25) is 0 Å². The number of hydrogen-bond acceptors (Lipinski definition) is 6. The molecule has 1 aliphatic carbocycles. The van der Waals surface area contributed by atoms with Gasteiger partial charge in [-0.3, -0.25) is 0 Å². The number of nitrogens with one attached hydrogen (secondary N) is 3. The van der Waals surface area contributed by atoms with Gasteiger partial charge in [-0.1, -0.05) is 19.3 Å². The van der Waals surface area contributed by atoms with Crippen molar-refractivity contribution in [1.82, 2.24) is 19.9 Å². The summed E-state index contributed by atoms with van der Waals surface area (Å²) in [7, 11) is 0. The van der Waals surface area contributed by atoms with Crippen LogP contribution in [0.1, 0.15) is 57.6 Å². The zero-order valence-corrected chi connectivity index (χ0v) is 18.8. The maximum Gasteiger partial charge on any atom is 0.141 e. The van der Waals surface area contributed by atoms with Gasteiger partial charge in [0.1, 0.15) is 11.6 Å². The Balaban J connectivity index is 1.43. The summed E-state index contributed by atoms with van der Waals surface area (Å²) in [6, 6.07) is 8.55. The second-order valence-electron chi connectivity index (χ2n) is 8.60. The fourth-order valence-electron chi connectivity index (χ4n) is 4.32. The lowest BCUT2D eigenvalue weighted by atomic mass is 9.87. The summed E-state index contributed by atoms with van der Waals surface area (Å²) in [5.74, 6) is 2.29. The molecule has 5 rings (SSSR count). The largest absolute Gasteiger partial charge is 0.382 e. The molecule has 1 aromatic carbocycles. The quantitative estimate of drug-likeness (QED) is 0.316. The van der Waals surface area contributed by atoms with E-state index in [0.29, 0.717) is 12.0 Å².